The van der Waals surface area contributed by atoms with Crippen LogP contribution in [0.3, 0.4) is 0 Å². The SMILES string of the molecule is CCC(=O)OC1C=CC(=O)N1C(=O)CC. The van der Waals surface area contributed by atoms with Gasteiger partial charge in [-0.25, -0.2) is 4.90 Å². The largest absolute Gasteiger partial charge is 0.437 e. The first-order valence-electron chi connectivity index (χ1n) is 4.83. The summed E-state index contributed by atoms with van der Waals surface area (Å²) in [5.41, 5.74) is 0. The molecule has 5 heteroatoms. The van der Waals surface area contributed by atoms with E-state index < -0.39 is 18.1 Å². The smallest absolute Gasteiger partial charge is 0.307 e. The fourth-order valence-electron chi connectivity index (χ4n) is 1.20. The maximum absolute atomic E-state index is 11.4. The Hall–Kier alpha value is -1.65. The van der Waals surface area contributed by atoms with Crippen LogP contribution >= 0.6 is 0 Å². The Morgan fingerprint density at radius 2 is 2.07 bits per heavy atom. The lowest BCUT2D eigenvalue weighted by atomic mass is 10.4. The highest BCUT2D eigenvalue weighted by molar-refractivity contribution is 6.03. The quantitative estimate of drug-likeness (QED) is 0.641. The third-order valence-corrected chi connectivity index (χ3v) is 2.01. The molecule has 1 rings (SSSR count). The van der Waals surface area contributed by atoms with E-state index in [1.165, 1.54) is 12.2 Å². The van der Waals surface area contributed by atoms with Crippen molar-refractivity contribution in [1.29, 1.82) is 0 Å². The predicted molar refractivity (Wildman–Crippen MR) is 51.5 cm³/mol. The van der Waals surface area contributed by atoms with Gasteiger partial charge in [-0.15, -0.1) is 0 Å². The zero-order chi connectivity index (χ0) is 11.4. The molecular weight excluding hydrogens is 198 g/mol. The van der Waals surface area contributed by atoms with Crippen LogP contribution in [-0.4, -0.2) is 28.9 Å². The van der Waals surface area contributed by atoms with Crippen molar-refractivity contribution in [2.75, 3.05) is 0 Å². The van der Waals surface area contributed by atoms with Gasteiger partial charge in [0.2, 0.25) is 12.1 Å². The van der Waals surface area contributed by atoms with E-state index in [2.05, 4.69) is 0 Å². The van der Waals surface area contributed by atoms with Gasteiger partial charge in [0.15, 0.2) is 0 Å². The van der Waals surface area contributed by atoms with Crippen molar-refractivity contribution >= 4 is 17.8 Å². The molecule has 0 bridgehead atoms. The van der Waals surface area contributed by atoms with Crippen LogP contribution in [0.2, 0.25) is 0 Å². The Balaban J connectivity index is 2.71. The number of rotatable bonds is 3. The average Bonchev–Trinajstić information content (AvgIpc) is 2.58. The molecule has 1 aliphatic rings. The number of imide groups is 1. The number of ether oxygens (including phenoxy) is 1. The van der Waals surface area contributed by atoms with Gasteiger partial charge in [0.1, 0.15) is 0 Å². The van der Waals surface area contributed by atoms with E-state index >= 15 is 0 Å². The molecule has 1 heterocycles. The van der Waals surface area contributed by atoms with E-state index in [1.54, 1.807) is 13.8 Å². The van der Waals surface area contributed by atoms with Gasteiger partial charge in [-0.2, -0.15) is 0 Å². The summed E-state index contributed by atoms with van der Waals surface area (Å²) < 4.78 is 4.92. The van der Waals surface area contributed by atoms with E-state index in [1.807, 2.05) is 0 Å². The molecule has 0 saturated heterocycles. The molecule has 1 unspecified atom stereocenters. The van der Waals surface area contributed by atoms with Crippen LogP contribution < -0.4 is 0 Å². The molecule has 15 heavy (non-hydrogen) atoms. The van der Waals surface area contributed by atoms with Gasteiger partial charge in [-0.05, 0) is 6.08 Å². The topological polar surface area (TPSA) is 63.7 Å². The minimum Gasteiger partial charge on any atom is -0.437 e. The Morgan fingerprint density at radius 3 is 2.60 bits per heavy atom. The van der Waals surface area contributed by atoms with Crippen molar-refractivity contribution in [2.24, 2.45) is 0 Å². The van der Waals surface area contributed by atoms with Crippen molar-refractivity contribution < 1.29 is 19.1 Å². The fraction of sp³-hybridized carbons (Fsp3) is 0.500. The molecule has 0 fully saturated rings. The van der Waals surface area contributed by atoms with E-state index in [4.69, 9.17) is 4.74 Å². The van der Waals surface area contributed by atoms with Gasteiger partial charge in [0, 0.05) is 18.9 Å². The van der Waals surface area contributed by atoms with Gasteiger partial charge < -0.3 is 4.74 Å². The summed E-state index contributed by atoms with van der Waals surface area (Å²) in [4.78, 5) is 34.6. The molecular formula is C10H13NO4. The Kier molecular flexibility index (Phi) is 3.60. The molecule has 0 aromatic carbocycles. The van der Waals surface area contributed by atoms with Crippen molar-refractivity contribution in [3.63, 3.8) is 0 Å². The maximum atomic E-state index is 11.4. The molecule has 0 N–H and O–H groups in total. The third kappa shape index (κ3) is 2.43. The number of carbonyl (C=O) groups excluding carboxylic acids is 3. The van der Waals surface area contributed by atoms with Gasteiger partial charge in [-0.3, -0.25) is 14.4 Å². The van der Waals surface area contributed by atoms with Crippen LogP contribution in [0.15, 0.2) is 12.2 Å². The third-order valence-electron chi connectivity index (χ3n) is 2.01. The van der Waals surface area contributed by atoms with Gasteiger partial charge in [0.25, 0.3) is 5.91 Å². The molecule has 0 aliphatic carbocycles. The van der Waals surface area contributed by atoms with Crippen LogP contribution in [0.1, 0.15) is 26.7 Å². The van der Waals surface area contributed by atoms with E-state index in [9.17, 15) is 14.4 Å². The highest BCUT2D eigenvalue weighted by atomic mass is 16.6. The summed E-state index contributed by atoms with van der Waals surface area (Å²) in [6.07, 6.45) is 2.20. The second kappa shape index (κ2) is 4.72. The van der Waals surface area contributed by atoms with E-state index in [-0.39, 0.29) is 18.7 Å². The Labute approximate surface area is 87.7 Å². The van der Waals surface area contributed by atoms with Crippen LogP contribution in [-0.2, 0) is 19.1 Å². The molecule has 0 aromatic heterocycles. The van der Waals surface area contributed by atoms with Crippen molar-refractivity contribution in [1.82, 2.24) is 4.90 Å². The summed E-state index contributed by atoms with van der Waals surface area (Å²) in [6.45, 7) is 3.29. The van der Waals surface area contributed by atoms with Gasteiger partial charge >= 0.3 is 5.97 Å². The predicted octanol–water partition coefficient (Wildman–Crippen LogP) is 0.601. The number of carbonyl (C=O) groups is 3. The first kappa shape index (κ1) is 11.4. The second-order valence-electron chi connectivity index (χ2n) is 3.05. The van der Waals surface area contributed by atoms with Crippen LogP contribution in [0, 0.1) is 0 Å². The number of hydrogen-bond donors (Lipinski definition) is 0. The zero-order valence-corrected chi connectivity index (χ0v) is 8.73. The lowest BCUT2D eigenvalue weighted by molar-refractivity contribution is -0.162. The van der Waals surface area contributed by atoms with E-state index in [0.717, 1.165) is 4.90 Å². The maximum Gasteiger partial charge on any atom is 0.307 e. The van der Waals surface area contributed by atoms with Crippen LogP contribution in [0.25, 0.3) is 0 Å². The number of nitrogens with zero attached hydrogens (tertiary/aromatic N) is 1. The second-order valence-corrected chi connectivity index (χ2v) is 3.05. The highest BCUT2D eigenvalue weighted by Crippen LogP contribution is 2.14. The van der Waals surface area contributed by atoms with Crippen molar-refractivity contribution in [3.05, 3.63) is 12.2 Å². The Morgan fingerprint density at radius 1 is 1.40 bits per heavy atom. The molecule has 82 valence electrons. The lowest BCUT2D eigenvalue weighted by Crippen LogP contribution is -2.41. The van der Waals surface area contributed by atoms with Crippen molar-refractivity contribution in [3.8, 4) is 0 Å². The molecule has 5 nitrogen and oxygen atoms in total. The minimum absolute atomic E-state index is 0.202. The van der Waals surface area contributed by atoms with Gasteiger partial charge in [0.05, 0.1) is 0 Å². The summed E-state index contributed by atoms with van der Waals surface area (Å²) >= 11 is 0. The average molecular weight is 211 g/mol. The molecule has 0 aromatic rings. The standard InChI is InChI=1S/C10H13NO4/c1-3-7(12)11-8(13)5-6-9(11)15-10(14)4-2/h5-6,9H,3-4H2,1-2H3. The first-order valence-corrected chi connectivity index (χ1v) is 4.83. The van der Waals surface area contributed by atoms with Gasteiger partial charge in [-0.1, -0.05) is 13.8 Å². The molecule has 0 saturated carbocycles. The van der Waals surface area contributed by atoms with Crippen LogP contribution in [0.4, 0.5) is 0 Å². The molecule has 0 spiro atoms. The summed E-state index contributed by atoms with van der Waals surface area (Å²) in [5.74, 6) is -1.22. The van der Waals surface area contributed by atoms with Crippen LogP contribution in [0.5, 0.6) is 0 Å². The number of amides is 2. The summed E-state index contributed by atoms with van der Waals surface area (Å²) in [6, 6.07) is 0. The summed E-state index contributed by atoms with van der Waals surface area (Å²) in [7, 11) is 0. The number of esters is 1. The normalized spacial score (nSPS) is 19.5. The molecule has 2 amide bonds. The van der Waals surface area contributed by atoms with E-state index in [0.29, 0.717) is 0 Å². The first-order chi connectivity index (χ1) is 7.10. The Bertz CT molecular complexity index is 321. The lowest BCUT2D eigenvalue weighted by Gasteiger charge is -2.21. The molecule has 0 radical (unpaired) electrons. The van der Waals surface area contributed by atoms with Crippen molar-refractivity contribution in [2.45, 2.75) is 32.9 Å². The minimum atomic E-state index is -0.864. The number of hydrogen-bond acceptors (Lipinski definition) is 4. The zero-order valence-electron chi connectivity index (χ0n) is 8.73. The monoisotopic (exact) mass is 211 g/mol. The fourth-order valence-corrected chi connectivity index (χ4v) is 1.20. The highest BCUT2D eigenvalue weighted by Gasteiger charge is 2.32. The molecule has 1 aliphatic heterocycles. The summed E-state index contributed by atoms with van der Waals surface area (Å²) in [5, 5.41) is 0. The molecule has 1 atom stereocenters.